The van der Waals surface area contributed by atoms with Crippen molar-refractivity contribution in [1.82, 2.24) is 0 Å². The zero-order valence-corrected chi connectivity index (χ0v) is 28.9. The van der Waals surface area contributed by atoms with Crippen LogP contribution in [-0.2, 0) is 0 Å². The van der Waals surface area contributed by atoms with Crippen LogP contribution in [0.25, 0.3) is 0 Å². The van der Waals surface area contributed by atoms with Crippen LogP contribution in [-0.4, -0.2) is 20.4 Å². The predicted octanol–water partition coefficient (Wildman–Crippen LogP) is 8.20. The normalized spacial score (nSPS) is 8.95. The van der Waals surface area contributed by atoms with Crippen LogP contribution < -0.4 is 0 Å². The summed E-state index contributed by atoms with van der Waals surface area (Å²) in [5.74, 6) is 0. The Morgan fingerprint density at radius 1 is 0.341 bits per heavy atom. The molecule has 0 aliphatic rings. The van der Waals surface area contributed by atoms with E-state index < -0.39 is 12.6 Å². The van der Waals surface area contributed by atoms with Gasteiger partial charge in [0.15, 0.2) is 12.6 Å². The minimum Gasteiger partial charge on any atom is -0.364 e. The molecule has 6 rings (SSSR count). The van der Waals surface area contributed by atoms with E-state index in [4.69, 9.17) is 20.4 Å². The van der Waals surface area contributed by atoms with Gasteiger partial charge in [-0.3, -0.25) is 0 Å². The molecule has 0 amide bonds. The summed E-state index contributed by atoms with van der Waals surface area (Å²) in [7, 11) is 0. The molecule has 44 heavy (non-hydrogen) atoms. The molecule has 0 aliphatic heterocycles. The quantitative estimate of drug-likeness (QED) is 0.104. The van der Waals surface area contributed by atoms with Gasteiger partial charge in [-0.15, -0.1) is 0 Å². The third kappa shape index (κ3) is 25.0. The van der Waals surface area contributed by atoms with Crippen LogP contribution in [0.4, 0.5) is 0 Å². The zero-order chi connectivity index (χ0) is 31.0. The summed E-state index contributed by atoms with van der Waals surface area (Å²) in [5, 5.41) is 34.3. The van der Waals surface area contributed by atoms with Gasteiger partial charge in [0.1, 0.15) is 0 Å². The monoisotopic (exact) mass is 912 g/mol. The van der Waals surface area contributed by atoms with E-state index in [-0.39, 0.29) is 93.8 Å². The summed E-state index contributed by atoms with van der Waals surface area (Å²) in [6.45, 7) is 8.33. The van der Waals surface area contributed by atoms with E-state index in [0.29, 0.717) is 11.1 Å². The van der Waals surface area contributed by atoms with Crippen LogP contribution in [0.5, 0.6) is 0 Å². The summed E-state index contributed by atoms with van der Waals surface area (Å²) in [5.41, 5.74) is 6.42. The maximum absolute atomic E-state index is 8.58. The third-order valence-corrected chi connectivity index (χ3v) is 5.51. The molecule has 6 aromatic rings. The smallest absolute Gasteiger partial charge is 0.178 e. The molecule has 252 valence electrons. The van der Waals surface area contributed by atoms with Crippen molar-refractivity contribution in [3.05, 3.63) is 191 Å². The van der Waals surface area contributed by atoms with Gasteiger partial charge >= 0.3 is 0 Å². The molecule has 0 heterocycles. The molecule has 0 radical (unpaired) electrons. The van der Waals surface area contributed by atoms with Crippen LogP contribution in [0, 0.1) is 122 Å². The number of hydrogen-bond donors (Lipinski definition) is 4. The molecule has 4 N–H and O–H groups in total. The fourth-order valence-corrected chi connectivity index (χ4v) is 3.13. The standard InChI is InChI=1S/2C7H8O2.4C6H7.2Yb/c2*8-7(9)6-4-2-1-3-5-6;4*1-6-4-2-3-5-6;;/h2*1-5,7-9H;4*2-5H,1H3;;/q;;4*-1;;. The first-order chi connectivity index (χ1) is 20.2. The van der Waals surface area contributed by atoms with Crippen molar-refractivity contribution in [2.45, 2.75) is 40.3 Å². The summed E-state index contributed by atoms with van der Waals surface area (Å²) in [4.78, 5) is 0. The van der Waals surface area contributed by atoms with Gasteiger partial charge in [-0.05, 0) is 0 Å². The van der Waals surface area contributed by atoms with Crippen LogP contribution in [0.15, 0.2) is 158 Å². The van der Waals surface area contributed by atoms with Crippen molar-refractivity contribution >= 4 is 0 Å². The number of aryl methyl sites for hydroxylation is 4. The zero-order valence-electron chi connectivity index (χ0n) is 25.5. The maximum atomic E-state index is 8.58. The van der Waals surface area contributed by atoms with E-state index in [2.05, 4.69) is 76.2 Å². The van der Waals surface area contributed by atoms with Gasteiger partial charge in [0.05, 0.1) is 0 Å². The molecular weight excluding hydrogens is 866 g/mol. The molecule has 0 unspecified atom stereocenters. The Morgan fingerprint density at radius 2 is 0.523 bits per heavy atom. The first kappa shape index (κ1) is 44.8. The van der Waals surface area contributed by atoms with Crippen molar-refractivity contribution in [3.63, 3.8) is 0 Å². The van der Waals surface area contributed by atoms with Crippen LogP contribution in [0.2, 0.25) is 0 Å². The largest absolute Gasteiger partial charge is 0.364 e. The third-order valence-electron chi connectivity index (χ3n) is 5.51. The average Bonchev–Trinajstić information content (AvgIpc) is 3.84. The van der Waals surface area contributed by atoms with Crippen molar-refractivity contribution in [2.24, 2.45) is 0 Å². The molecule has 6 aromatic carbocycles. The minimum atomic E-state index is -1.34. The number of aliphatic hydroxyl groups excluding tert-OH is 2. The Labute approximate surface area is 341 Å². The second-order valence-corrected chi connectivity index (χ2v) is 9.42. The van der Waals surface area contributed by atoms with E-state index >= 15 is 0 Å². The van der Waals surface area contributed by atoms with E-state index in [0.717, 1.165) is 0 Å². The van der Waals surface area contributed by atoms with Gasteiger partial charge in [0, 0.05) is 105 Å². The first-order valence-electron chi connectivity index (χ1n) is 13.7. The van der Waals surface area contributed by atoms with Crippen molar-refractivity contribution < 1.29 is 114 Å². The summed E-state index contributed by atoms with van der Waals surface area (Å²) in [6.07, 6.45) is -2.68. The molecule has 0 aliphatic carbocycles. The second kappa shape index (κ2) is 29.1. The Hall–Kier alpha value is -1.28. The summed E-state index contributed by atoms with van der Waals surface area (Å²) >= 11 is 0. The number of rotatable bonds is 2. The number of aliphatic hydroxyl groups is 4. The fraction of sp³-hybridized carbons (Fsp3) is 0.158. The molecule has 0 bridgehead atoms. The Balaban J connectivity index is 0. The Morgan fingerprint density at radius 3 is 0.614 bits per heavy atom. The van der Waals surface area contributed by atoms with Crippen molar-refractivity contribution in [3.8, 4) is 0 Å². The van der Waals surface area contributed by atoms with Gasteiger partial charge in [-0.2, -0.15) is 70.8 Å². The molecule has 0 aromatic heterocycles. The van der Waals surface area contributed by atoms with E-state index in [1.165, 1.54) is 22.3 Å². The average molecular weight is 911 g/mol. The van der Waals surface area contributed by atoms with Crippen molar-refractivity contribution in [1.29, 1.82) is 0 Å². The summed E-state index contributed by atoms with van der Waals surface area (Å²) < 4.78 is 0. The molecule has 0 spiro atoms. The second-order valence-electron chi connectivity index (χ2n) is 9.42. The summed E-state index contributed by atoms with van der Waals surface area (Å²) in [6, 6.07) is 50.3. The fourth-order valence-electron chi connectivity index (χ4n) is 3.13. The van der Waals surface area contributed by atoms with E-state index in [1.807, 2.05) is 60.7 Å². The molecule has 0 fully saturated rings. The maximum Gasteiger partial charge on any atom is 0.178 e. The number of benzene rings is 2. The first-order valence-corrected chi connectivity index (χ1v) is 13.7. The molecule has 4 nitrogen and oxygen atoms in total. The van der Waals surface area contributed by atoms with Gasteiger partial charge in [-0.25, -0.2) is 48.5 Å². The Kier molecular flexibility index (Phi) is 29.7. The molecule has 0 saturated carbocycles. The molecule has 0 atom stereocenters. The molecular formula is C38H44O4Yb2-4. The van der Waals surface area contributed by atoms with Gasteiger partial charge < -0.3 is 20.4 Å². The SMILES string of the molecule is C[c-]1cccc1.C[c-]1cccc1.C[c-]1cccc1.C[c-]1cccc1.OC(O)c1ccccc1.OC(O)c1ccccc1.[Yb].[Yb]. The van der Waals surface area contributed by atoms with E-state index in [9.17, 15) is 0 Å². The minimum absolute atomic E-state index is 0. The predicted molar refractivity (Wildman–Crippen MR) is 174 cm³/mol. The topological polar surface area (TPSA) is 80.9 Å². The van der Waals surface area contributed by atoms with Gasteiger partial charge in [0.25, 0.3) is 0 Å². The Bertz CT molecular complexity index is 1150. The van der Waals surface area contributed by atoms with Gasteiger partial charge in [0.2, 0.25) is 0 Å². The molecule has 0 saturated heterocycles. The van der Waals surface area contributed by atoms with E-state index in [1.54, 1.807) is 48.5 Å². The van der Waals surface area contributed by atoms with Crippen molar-refractivity contribution in [2.75, 3.05) is 0 Å². The molecule has 6 heteroatoms. The number of hydrogen-bond acceptors (Lipinski definition) is 4. The van der Waals surface area contributed by atoms with Gasteiger partial charge in [-0.1, -0.05) is 88.4 Å². The van der Waals surface area contributed by atoms with Crippen LogP contribution in [0.1, 0.15) is 46.0 Å². The van der Waals surface area contributed by atoms with Crippen LogP contribution in [0.3, 0.4) is 0 Å². The van der Waals surface area contributed by atoms with Crippen LogP contribution >= 0.6 is 0 Å².